The number of benzene rings is 3. The van der Waals surface area contributed by atoms with Gasteiger partial charge in [0.1, 0.15) is 28.4 Å². The van der Waals surface area contributed by atoms with E-state index in [0.717, 1.165) is 63.8 Å². The molecule has 0 bridgehead atoms. The van der Waals surface area contributed by atoms with Crippen LogP contribution in [0.4, 0.5) is 0 Å². The second-order valence-electron chi connectivity index (χ2n) is 14.8. The van der Waals surface area contributed by atoms with Crippen LogP contribution in [0.3, 0.4) is 0 Å². The number of aryl methyl sites for hydroxylation is 2. The summed E-state index contributed by atoms with van der Waals surface area (Å²) in [6.07, 6.45) is 3.43. The number of amides is 3. The average Bonchev–Trinajstić information content (AvgIpc) is 3.67. The van der Waals surface area contributed by atoms with Crippen LogP contribution in [0.15, 0.2) is 59.6 Å². The molecule has 292 valence electrons. The van der Waals surface area contributed by atoms with Gasteiger partial charge in [0.15, 0.2) is 11.6 Å². The molecule has 2 aliphatic heterocycles. The Bertz CT molecular complexity index is 2500. The van der Waals surface area contributed by atoms with Crippen LogP contribution in [0.25, 0.3) is 15.8 Å². The summed E-state index contributed by atoms with van der Waals surface area (Å²) < 4.78 is 8.13. The van der Waals surface area contributed by atoms with Gasteiger partial charge in [-0.3, -0.25) is 38.4 Å². The number of imide groups is 1. The predicted molar refractivity (Wildman–Crippen MR) is 217 cm³/mol. The number of halogens is 1. The normalized spacial score (nSPS) is 17.7. The summed E-state index contributed by atoms with van der Waals surface area (Å²) in [7, 11) is 0. The molecule has 2 aromatic heterocycles. The molecule has 57 heavy (non-hydrogen) atoms. The van der Waals surface area contributed by atoms with Gasteiger partial charge in [-0.2, -0.15) is 0 Å². The number of fused-ring (bicyclic) bond motifs is 3. The Balaban J connectivity index is 0.859. The van der Waals surface area contributed by atoms with E-state index in [-0.39, 0.29) is 37.4 Å². The molecule has 1 unspecified atom stereocenters. The lowest BCUT2D eigenvalue weighted by molar-refractivity contribution is -0.132. The predicted octanol–water partition coefficient (Wildman–Crippen LogP) is 7.39. The van der Waals surface area contributed by atoms with Crippen LogP contribution in [-0.4, -0.2) is 73.9 Å². The number of ether oxygens (including phenoxy) is 1. The van der Waals surface area contributed by atoms with Crippen molar-refractivity contribution in [3.8, 4) is 10.8 Å². The Morgan fingerprint density at radius 2 is 1.72 bits per heavy atom. The van der Waals surface area contributed by atoms with E-state index < -0.39 is 29.7 Å². The molecule has 4 heterocycles. The van der Waals surface area contributed by atoms with E-state index in [9.17, 15) is 24.0 Å². The van der Waals surface area contributed by atoms with Crippen molar-refractivity contribution < 1.29 is 28.7 Å². The van der Waals surface area contributed by atoms with E-state index in [2.05, 4.69) is 29.4 Å². The molecule has 1 fully saturated rings. The van der Waals surface area contributed by atoms with Crippen LogP contribution in [0.2, 0.25) is 5.02 Å². The Hall–Kier alpha value is -5.53. The van der Waals surface area contributed by atoms with Gasteiger partial charge >= 0.3 is 0 Å². The van der Waals surface area contributed by atoms with Gasteiger partial charge in [0.05, 0.1) is 36.8 Å². The maximum absolute atomic E-state index is 13.7. The minimum atomic E-state index is -0.951. The van der Waals surface area contributed by atoms with Crippen molar-refractivity contribution >= 4 is 68.7 Å². The van der Waals surface area contributed by atoms with Gasteiger partial charge in [0, 0.05) is 44.9 Å². The Kier molecular flexibility index (Phi) is 10.6. The molecule has 1 N–H and O–H groups in total. The van der Waals surface area contributed by atoms with Gasteiger partial charge < -0.3 is 10.1 Å². The first kappa shape index (κ1) is 38.3. The number of Topliss-reactive ketones (excluding diaryl/α,β-unsaturated/α-hetero) is 2. The number of ketones is 2. The monoisotopic (exact) mass is 804 g/mol. The topological polar surface area (TPSA) is 153 Å². The first-order chi connectivity index (χ1) is 27.5. The lowest BCUT2D eigenvalue weighted by Gasteiger charge is -2.34. The largest absolute Gasteiger partial charge is 0.494 e. The Morgan fingerprint density at radius 1 is 0.947 bits per heavy atom. The molecule has 12 nitrogen and oxygen atoms in total. The highest BCUT2D eigenvalue weighted by Gasteiger charge is 2.42. The first-order valence-corrected chi connectivity index (χ1v) is 20.4. The zero-order chi connectivity index (χ0) is 40.0. The summed E-state index contributed by atoms with van der Waals surface area (Å²) in [6.45, 7) is 7.04. The highest BCUT2D eigenvalue weighted by atomic mass is 35.5. The summed E-state index contributed by atoms with van der Waals surface area (Å²) in [4.78, 5) is 72.5. The molecule has 5 aromatic rings. The summed E-state index contributed by atoms with van der Waals surface area (Å²) >= 11 is 7.90. The molecule has 1 saturated carbocycles. The van der Waals surface area contributed by atoms with Crippen molar-refractivity contribution in [2.75, 3.05) is 13.2 Å². The number of unbranched alkanes of at least 4 members (excludes halogenated alkanes) is 3. The zero-order valence-corrected chi connectivity index (χ0v) is 33.5. The molecule has 0 radical (unpaired) electrons. The second kappa shape index (κ2) is 15.8. The zero-order valence-electron chi connectivity index (χ0n) is 31.9. The van der Waals surface area contributed by atoms with E-state index in [4.69, 9.17) is 21.3 Å². The van der Waals surface area contributed by atoms with E-state index in [0.29, 0.717) is 51.6 Å². The third kappa shape index (κ3) is 7.30. The van der Waals surface area contributed by atoms with Crippen LogP contribution in [0.1, 0.15) is 111 Å². The van der Waals surface area contributed by atoms with Crippen LogP contribution in [0.5, 0.6) is 5.75 Å². The maximum atomic E-state index is 13.7. The lowest BCUT2D eigenvalue weighted by atomic mass is 9.87. The van der Waals surface area contributed by atoms with E-state index in [1.165, 1.54) is 4.88 Å². The third-order valence-corrected chi connectivity index (χ3v) is 12.4. The average molecular weight is 805 g/mol. The van der Waals surface area contributed by atoms with Crippen LogP contribution in [0, 0.1) is 20.8 Å². The molecule has 0 saturated heterocycles. The quantitative estimate of drug-likeness (QED) is 0.0779. The van der Waals surface area contributed by atoms with Crippen LogP contribution < -0.4 is 10.1 Å². The molecule has 14 heteroatoms. The van der Waals surface area contributed by atoms with Crippen LogP contribution >= 0.6 is 22.9 Å². The fourth-order valence-electron chi connectivity index (χ4n) is 7.98. The number of nitrogens with one attached hydrogen (secondary N) is 1. The molecule has 3 amide bonds. The van der Waals surface area contributed by atoms with Crippen molar-refractivity contribution in [3.63, 3.8) is 0 Å². The maximum Gasteiger partial charge on any atom is 0.262 e. The number of hydrogen-bond donors (Lipinski definition) is 1. The van der Waals surface area contributed by atoms with Crippen molar-refractivity contribution in [1.29, 1.82) is 0 Å². The van der Waals surface area contributed by atoms with Gasteiger partial charge in [-0.15, -0.1) is 21.5 Å². The van der Waals surface area contributed by atoms with Crippen molar-refractivity contribution in [1.82, 2.24) is 25.0 Å². The van der Waals surface area contributed by atoms with Gasteiger partial charge in [-0.05, 0) is 81.3 Å². The highest BCUT2D eigenvalue weighted by Crippen LogP contribution is 2.40. The standard InChI is InChI=1S/C43H41ClN6O6S/c1-23-24(2)57-43-37(23)39(26-11-13-28(44)14-12-26)46-33(40-48-47-25(3)49(40)43)22-36(53)45-17-6-4-5-7-18-56-30-19-27-9-8-10-31-38(27)32(21-30)42(55)50(41(31)54)34-16-15-29(51)20-35(34)52/h8-14,19,21,33-34H,4-7,15-18,20,22H2,1-3H3,(H,45,53)/t33-,34?/m0/s1. The summed E-state index contributed by atoms with van der Waals surface area (Å²) in [6, 6.07) is 14.8. The van der Waals surface area contributed by atoms with Gasteiger partial charge in [0.25, 0.3) is 11.8 Å². The molecule has 8 rings (SSSR count). The van der Waals surface area contributed by atoms with Crippen molar-refractivity contribution in [2.24, 2.45) is 4.99 Å². The number of thiophene rings is 1. The molecule has 0 spiro atoms. The van der Waals surface area contributed by atoms with E-state index >= 15 is 0 Å². The van der Waals surface area contributed by atoms with Gasteiger partial charge in [-0.25, -0.2) is 0 Å². The van der Waals surface area contributed by atoms with Gasteiger partial charge in [-0.1, -0.05) is 48.7 Å². The van der Waals surface area contributed by atoms with E-state index in [1.54, 1.807) is 29.5 Å². The minimum absolute atomic E-state index is 0.118. The fourth-order valence-corrected chi connectivity index (χ4v) is 9.32. The number of aromatic nitrogens is 3. The molecular formula is C43H41ClN6O6S. The fraction of sp³-hybridized carbons (Fsp3) is 0.349. The Morgan fingerprint density at radius 3 is 2.51 bits per heavy atom. The molecule has 1 aliphatic carbocycles. The number of nitrogens with zero attached hydrogens (tertiary/aromatic N) is 5. The van der Waals surface area contributed by atoms with Crippen LogP contribution in [-0.2, 0) is 14.4 Å². The summed E-state index contributed by atoms with van der Waals surface area (Å²) in [5.74, 6) is 0.116. The summed E-state index contributed by atoms with van der Waals surface area (Å²) in [5, 5.41) is 14.8. The summed E-state index contributed by atoms with van der Waals surface area (Å²) in [5.41, 5.74) is 4.54. The smallest absolute Gasteiger partial charge is 0.262 e. The number of carbonyl (C=O) groups excluding carboxylic acids is 5. The lowest BCUT2D eigenvalue weighted by Crippen LogP contribution is -2.52. The molecule has 3 aromatic carbocycles. The van der Waals surface area contributed by atoms with Crippen molar-refractivity contribution in [2.45, 2.75) is 84.2 Å². The highest BCUT2D eigenvalue weighted by molar-refractivity contribution is 7.15. The SMILES string of the molecule is Cc1sc2c(c1C)C(c1ccc(Cl)cc1)=N[C@@H](CC(=O)NCCCCCCOc1cc3c4c(cccc4c1)C(=O)N(C1CCC(=O)CC1=O)C3=O)c1nnc(C)n1-2. The second-order valence-corrected chi connectivity index (χ2v) is 16.5. The number of hydrogen-bond acceptors (Lipinski definition) is 10. The minimum Gasteiger partial charge on any atom is -0.494 e. The molecule has 3 aliphatic rings. The van der Waals surface area contributed by atoms with E-state index in [1.807, 2.05) is 47.9 Å². The third-order valence-electron chi connectivity index (χ3n) is 11.0. The molecular weight excluding hydrogens is 764 g/mol. The first-order valence-electron chi connectivity index (χ1n) is 19.2. The number of carbonyl (C=O) groups is 5. The van der Waals surface area contributed by atoms with Gasteiger partial charge in [0.2, 0.25) is 5.91 Å². The molecule has 2 atom stereocenters. The number of aliphatic imine (C=N–C) groups is 1. The Labute approximate surface area is 338 Å². The number of rotatable bonds is 12. The van der Waals surface area contributed by atoms with Crippen molar-refractivity contribution in [3.05, 3.63) is 104 Å².